The number of aliphatic hydroxyl groups is 1. The fraction of sp³-hybridized carbons (Fsp3) is 0.269. The van der Waals surface area contributed by atoms with Crippen molar-refractivity contribution in [2.24, 2.45) is 0 Å². The van der Waals surface area contributed by atoms with Gasteiger partial charge in [-0.1, -0.05) is 66.2 Å². The Morgan fingerprint density at radius 1 is 1.06 bits per heavy atom. The predicted octanol–water partition coefficient (Wildman–Crippen LogP) is 5.28. The second-order valence-electron chi connectivity index (χ2n) is 8.47. The number of hydrogen-bond donors (Lipinski definition) is 1. The van der Waals surface area contributed by atoms with Crippen molar-refractivity contribution in [1.82, 2.24) is 14.5 Å². The number of Topliss-reactive ketones (excluding diaryl/α,β-unsaturated/α-hetero) is 1. The summed E-state index contributed by atoms with van der Waals surface area (Å²) >= 11 is 3.39. The molecular formula is C26H26BrN3O3. The number of imidazole rings is 1. The number of nitrogens with zero attached hydrogens (tertiary/aromatic N) is 3. The SMILES string of the molecule is CC(C)c1ccc([C@H]2/C(=C(\O)c3ccc(Br)cc3)C(=O)C(=O)N2CCCn2ccnc2)cc1. The van der Waals surface area contributed by atoms with E-state index >= 15 is 0 Å². The highest BCUT2D eigenvalue weighted by Gasteiger charge is 2.45. The molecule has 2 aromatic carbocycles. The van der Waals surface area contributed by atoms with Crippen molar-refractivity contribution in [2.75, 3.05) is 6.54 Å². The van der Waals surface area contributed by atoms with Gasteiger partial charge in [-0.25, -0.2) is 4.98 Å². The highest BCUT2D eigenvalue weighted by atomic mass is 79.9. The Morgan fingerprint density at radius 2 is 1.76 bits per heavy atom. The van der Waals surface area contributed by atoms with E-state index in [0.29, 0.717) is 31.0 Å². The van der Waals surface area contributed by atoms with Crippen molar-refractivity contribution in [3.8, 4) is 0 Å². The van der Waals surface area contributed by atoms with Gasteiger partial charge < -0.3 is 14.6 Å². The van der Waals surface area contributed by atoms with E-state index in [4.69, 9.17) is 0 Å². The Labute approximate surface area is 201 Å². The van der Waals surface area contributed by atoms with Gasteiger partial charge in [0, 0.05) is 35.5 Å². The summed E-state index contributed by atoms with van der Waals surface area (Å²) in [6, 6.07) is 14.3. The molecule has 170 valence electrons. The van der Waals surface area contributed by atoms with Crippen LogP contribution in [0.15, 0.2) is 77.3 Å². The number of aromatic nitrogens is 2. The molecule has 3 aromatic rings. The van der Waals surface area contributed by atoms with Crippen molar-refractivity contribution in [3.63, 3.8) is 0 Å². The maximum Gasteiger partial charge on any atom is 0.295 e. The number of hydrogen-bond acceptors (Lipinski definition) is 4. The third-order valence-corrected chi connectivity index (χ3v) is 6.48. The van der Waals surface area contributed by atoms with Crippen LogP contribution in [0.25, 0.3) is 5.76 Å². The fourth-order valence-corrected chi connectivity index (χ4v) is 4.39. The monoisotopic (exact) mass is 507 g/mol. The van der Waals surface area contributed by atoms with Crippen molar-refractivity contribution < 1.29 is 14.7 Å². The van der Waals surface area contributed by atoms with E-state index < -0.39 is 17.7 Å². The van der Waals surface area contributed by atoms with Gasteiger partial charge in [-0.05, 0) is 35.6 Å². The standard InChI is InChI=1S/C26H26BrN3O3/c1-17(2)18-4-6-19(7-5-18)23-22(24(31)20-8-10-21(27)11-9-20)25(32)26(33)30(23)14-3-13-29-15-12-28-16-29/h4-12,15-17,23,31H,3,13-14H2,1-2H3/b24-22+/t23-/m0/s1. The largest absolute Gasteiger partial charge is 0.507 e. The lowest BCUT2D eigenvalue weighted by molar-refractivity contribution is -0.139. The molecule has 4 rings (SSSR count). The van der Waals surface area contributed by atoms with Crippen LogP contribution in [0.3, 0.4) is 0 Å². The van der Waals surface area contributed by atoms with Crippen LogP contribution in [0.1, 0.15) is 48.9 Å². The first kappa shape index (κ1) is 23.0. The number of amides is 1. The molecule has 1 saturated heterocycles. The second kappa shape index (κ2) is 9.75. The third kappa shape index (κ3) is 4.78. The van der Waals surface area contributed by atoms with Gasteiger partial charge in [0.05, 0.1) is 17.9 Å². The Morgan fingerprint density at radius 3 is 2.36 bits per heavy atom. The Bertz CT molecular complexity index is 1170. The van der Waals surface area contributed by atoms with Gasteiger partial charge in [-0.2, -0.15) is 0 Å². The minimum atomic E-state index is -0.656. The summed E-state index contributed by atoms with van der Waals surface area (Å²) in [4.78, 5) is 31.8. The van der Waals surface area contributed by atoms with Crippen LogP contribution in [-0.2, 0) is 16.1 Å². The van der Waals surface area contributed by atoms with Gasteiger partial charge in [0.1, 0.15) is 5.76 Å². The number of benzene rings is 2. The molecule has 1 aliphatic heterocycles. The maximum absolute atomic E-state index is 13.1. The Kier molecular flexibility index (Phi) is 6.79. The van der Waals surface area contributed by atoms with Crippen molar-refractivity contribution in [2.45, 2.75) is 38.8 Å². The summed E-state index contributed by atoms with van der Waals surface area (Å²) in [5.74, 6) is -1.03. The average Bonchev–Trinajstić information content (AvgIpc) is 3.41. The normalized spacial score (nSPS) is 17.8. The molecule has 6 nitrogen and oxygen atoms in total. The fourth-order valence-electron chi connectivity index (χ4n) is 4.13. The quantitative estimate of drug-likeness (QED) is 0.268. The summed E-state index contributed by atoms with van der Waals surface area (Å²) in [6.45, 7) is 5.29. The zero-order valence-electron chi connectivity index (χ0n) is 18.6. The molecule has 1 aliphatic rings. The van der Waals surface area contributed by atoms with E-state index in [1.165, 1.54) is 5.56 Å². The number of aryl methyl sites for hydroxylation is 1. The van der Waals surface area contributed by atoms with Gasteiger partial charge in [-0.3, -0.25) is 9.59 Å². The molecular weight excluding hydrogens is 482 g/mol. The molecule has 33 heavy (non-hydrogen) atoms. The summed E-state index contributed by atoms with van der Waals surface area (Å²) in [7, 11) is 0. The molecule has 1 atom stereocenters. The lowest BCUT2D eigenvalue weighted by Crippen LogP contribution is -2.31. The summed E-state index contributed by atoms with van der Waals surface area (Å²) in [6.07, 6.45) is 5.95. The summed E-state index contributed by atoms with van der Waals surface area (Å²) < 4.78 is 2.80. The van der Waals surface area contributed by atoms with Crippen LogP contribution in [0.2, 0.25) is 0 Å². The van der Waals surface area contributed by atoms with Crippen molar-refractivity contribution >= 4 is 33.4 Å². The smallest absolute Gasteiger partial charge is 0.295 e. The topological polar surface area (TPSA) is 75.4 Å². The van der Waals surface area contributed by atoms with Gasteiger partial charge in [0.2, 0.25) is 0 Å². The number of halogens is 1. The number of carbonyl (C=O) groups is 2. The van der Waals surface area contributed by atoms with E-state index in [9.17, 15) is 14.7 Å². The van der Waals surface area contributed by atoms with Crippen LogP contribution < -0.4 is 0 Å². The molecule has 0 unspecified atom stereocenters. The zero-order chi connectivity index (χ0) is 23.5. The van der Waals surface area contributed by atoms with Crippen LogP contribution in [0.5, 0.6) is 0 Å². The lowest BCUT2D eigenvalue weighted by atomic mass is 9.93. The molecule has 0 saturated carbocycles. The second-order valence-corrected chi connectivity index (χ2v) is 9.39. The first-order chi connectivity index (χ1) is 15.9. The molecule has 0 radical (unpaired) electrons. The minimum Gasteiger partial charge on any atom is -0.507 e. The highest BCUT2D eigenvalue weighted by Crippen LogP contribution is 2.40. The molecule has 7 heteroatoms. The molecule has 1 aromatic heterocycles. The van der Waals surface area contributed by atoms with Gasteiger partial charge in [-0.15, -0.1) is 0 Å². The van der Waals surface area contributed by atoms with Crippen LogP contribution in [0, 0.1) is 0 Å². The Hall–Kier alpha value is -3.19. The maximum atomic E-state index is 13.1. The first-order valence-electron chi connectivity index (χ1n) is 11.0. The zero-order valence-corrected chi connectivity index (χ0v) is 20.2. The number of ketones is 1. The van der Waals surface area contributed by atoms with E-state index in [2.05, 4.69) is 34.8 Å². The highest BCUT2D eigenvalue weighted by molar-refractivity contribution is 9.10. The van der Waals surface area contributed by atoms with Crippen LogP contribution in [-0.4, -0.2) is 37.8 Å². The van der Waals surface area contributed by atoms with Crippen molar-refractivity contribution in [3.05, 3.63) is 94.0 Å². The van der Waals surface area contributed by atoms with Crippen molar-refractivity contribution in [1.29, 1.82) is 0 Å². The van der Waals surface area contributed by atoms with Crippen LogP contribution in [0.4, 0.5) is 0 Å². The number of carbonyl (C=O) groups excluding carboxylic acids is 2. The number of likely N-dealkylation sites (tertiary alicyclic amines) is 1. The molecule has 2 heterocycles. The van der Waals surface area contributed by atoms with Gasteiger partial charge in [0.25, 0.3) is 11.7 Å². The molecule has 0 spiro atoms. The third-order valence-electron chi connectivity index (χ3n) is 5.95. The number of aliphatic hydroxyl groups excluding tert-OH is 1. The molecule has 0 bridgehead atoms. The predicted molar refractivity (Wildman–Crippen MR) is 131 cm³/mol. The molecule has 1 fully saturated rings. The minimum absolute atomic E-state index is 0.127. The van der Waals surface area contributed by atoms with E-state index in [-0.39, 0.29) is 11.3 Å². The van der Waals surface area contributed by atoms with Gasteiger partial charge in [0.15, 0.2) is 0 Å². The van der Waals surface area contributed by atoms with Gasteiger partial charge >= 0.3 is 0 Å². The Balaban J connectivity index is 1.73. The summed E-state index contributed by atoms with van der Waals surface area (Å²) in [5.41, 5.74) is 2.60. The molecule has 1 amide bonds. The molecule has 1 N–H and O–H groups in total. The summed E-state index contributed by atoms with van der Waals surface area (Å²) in [5, 5.41) is 11.1. The first-order valence-corrected chi connectivity index (χ1v) is 11.8. The van der Waals surface area contributed by atoms with Crippen LogP contribution >= 0.6 is 15.9 Å². The van der Waals surface area contributed by atoms with E-state index in [0.717, 1.165) is 10.0 Å². The average molecular weight is 508 g/mol. The lowest BCUT2D eigenvalue weighted by Gasteiger charge is -2.25. The van der Waals surface area contributed by atoms with E-state index in [1.807, 2.05) is 35.0 Å². The number of rotatable bonds is 7. The molecule has 0 aliphatic carbocycles. The van der Waals surface area contributed by atoms with E-state index in [1.54, 1.807) is 41.7 Å².